The molecule has 0 aromatic carbocycles. The molecule has 0 spiro atoms. The maximum absolute atomic E-state index is 5.85. The fourth-order valence-electron chi connectivity index (χ4n) is 2.89. The van der Waals surface area contributed by atoms with E-state index in [-0.39, 0.29) is 0 Å². The maximum Gasteiger partial charge on any atom is 0.0757 e. The number of likely N-dealkylation sites (N-methyl/N-ethyl adjacent to an activating group) is 1. The van der Waals surface area contributed by atoms with E-state index in [9.17, 15) is 0 Å². The van der Waals surface area contributed by atoms with Gasteiger partial charge < -0.3 is 14.8 Å². The van der Waals surface area contributed by atoms with Gasteiger partial charge in [-0.05, 0) is 32.2 Å². The molecule has 0 aliphatic carbocycles. The highest BCUT2D eigenvalue weighted by atomic mass is 16.5. The van der Waals surface area contributed by atoms with Crippen molar-refractivity contribution in [2.24, 2.45) is 11.8 Å². The Bertz CT molecular complexity index is 192. The molecule has 0 radical (unpaired) electrons. The molecule has 2 fully saturated rings. The van der Waals surface area contributed by atoms with Crippen molar-refractivity contribution in [1.29, 1.82) is 0 Å². The van der Waals surface area contributed by atoms with E-state index in [2.05, 4.69) is 12.2 Å². The summed E-state index contributed by atoms with van der Waals surface area (Å²) in [4.78, 5) is 0. The molecule has 3 heteroatoms. The average molecular weight is 213 g/mol. The van der Waals surface area contributed by atoms with Gasteiger partial charge in [-0.1, -0.05) is 6.92 Å². The first-order valence-corrected chi connectivity index (χ1v) is 6.19. The Morgan fingerprint density at radius 1 is 1.27 bits per heavy atom. The lowest BCUT2D eigenvalue weighted by molar-refractivity contribution is -0.0101. The van der Waals surface area contributed by atoms with Crippen molar-refractivity contribution in [3.8, 4) is 0 Å². The summed E-state index contributed by atoms with van der Waals surface area (Å²) < 4.78 is 11.4. The van der Waals surface area contributed by atoms with E-state index >= 15 is 0 Å². The zero-order chi connectivity index (χ0) is 10.7. The van der Waals surface area contributed by atoms with Crippen LogP contribution in [0.15, 0.2) is 0 Å². The number of nitrogens with one attached hydrogen (secondary N) is 1. The fourth-order valence-corrected chi connectivity index (χ4v) is 2.89. The first kappa shape index (κ1) is 11.4. The van der Waals surface area contributed by atoms with Crippen molar-refractivity contribution in [2.75, 3.05) is 26.9 Å². The molecule has 2 aliphatic heterocycles. The zero-order valence-electron chi connectivity index (χ0n) is 9.87. The third-order valence-electron chi connectivity index (χ3n) is 3.83. The molecule has 88 valence electrons. The molecule has 3 nitrogen and oxygen atoms in total. The Labute approximate surface area is 92.5 Å². The Balaban J connectivity index is 1.95. The van der Waals surface area contributed by atoms with Crippen LogP contribution in [-0.4, -0.2) is 39.0 Å². The summed E-state index contributed by atoms with van der Waals surface area (Å²) in [5.74, 6) is 1.32. The maximum atomic E-state index is 5.85. The molecule has 0 aromatic rings. The van der Waals surface area contributed by atoms with Crippen LogP contribution in [0.4, 0.5) is 0 Å². The second-order valence-corrected chi connectivity index (χ2v) is 4.89. The van der Waals surface area contributed by atoms with Crippen LogP contribution in [0.2, 0.25) is 0 Å². The predicted octanol–water partition coefficient (Wildman–Crippen LogP) is 1.43. The quantitative estimate of drug-likeness (QED) is 0.769. The standard InChI is InChI=1S/C12H23NO2/c1-9-5-7-15-12(9)11(13-2)10-4-3-6-14-8-10/h9-13H,3-8H2,1-2H3. The molecule has 0 aromatic heterocycles. The van der Waals surface area contributed by atoms with E-state index in [0.717, 1.165) is 19.8 Å². The predicted molar refractivity (Wildman–Crippen MR) is 59.9 cm³/mol. The van der Waals surface area contributed by atoms with Crippen molar-refractivity contribution in [1.82, 2.24) is 5.32 Å². The summed E-state index contributed by atoms with van der Waals surface area (Å²) in [6.07, 6.45) is 4.07. The normalized spacial score (nSPS) is 39.2. The van der Waals surface area contributed by atoms with Crippen molar-refractivity contribution in [3.63, 3.8) is 0 Å². The third-order valence-corrected chi connectivity index (χ3v) is 3.83. The van der Waals surface area contributed by atoms with Gasteiger partial charge in [-0.15, -0.1) is 0 Å². The zero-order valence-corrected chi connectivity index (χ0v) is 9.87. The molecular formula is C12H23NO2. The van der Waals surface area contributed by atoms with Gasteiger partial charge in [-0.2, -0.15) is 0 Å². The van der Waals surface area contributed by atoms with Crippen LogP contribution in [-0.2, 0) is 9.47 Å². The van der Waals surface area contributed by atoms with Crippen LogP contribution >= 0.6 is 0 Å². The molecule has 2 rings (SSSR count). The molecule has 2 saturated heterocycles. The van der Waals surface area contributed by atoms with Crippen LogP contribution in [0.1, 0.15) is 26.2 Å². The van der Waals surface area contributed by atoms with E-state index < -0.39 is 0 Å². The van der Waals surface area contributed by atoms with Gasteiger partial charge in [0.25, 0.3) is 0 Å². The lowest BCUT2D eigenvalue weighted by Crippen LogP contribution is -2.48. The van der Waals surface area contributed by atoms with Crippen LogP contribution in [0.25, 0.3) is 0 Å². The summed E-state index contributed by atoms with van der Waals surface area (Å²) in [6.45, 7) is 5.06. The average Bonchev–Trinajstić information content (AvgIpc) is 2.68. The molecular weight excluding hydrogens is 190 g/mol. The van der Waals surface area contributed by atoms with Gasteiger partial charge in [0.15, 0.2) is 0 Å². The summed E-state index contributed by atoms with van der Waals surface area (Å²) in [6, 6.07) is 0.475. The number of hydrogen-bond acceptors (Lipinski definition) is 3. The Hall–Kier alpha value is -0.120. The van der Waals surface area contributed by atoms with Gasteiger partial charge >= 0.3 is 0 Å². The van der Waals surface area contributed by atoms with Crippen molar-refractivity contribution in [3.05, 3.63) is 0 Å². The molecule has 0 bridgehead atoms. The Kier molecular flexibility index (Phi) is 4.00. The molecule has 1 N–H and O–H groups in total. The number of hydrogen-bond donors (Lipinski definition) is 1. The fraction of sp³-hybridized carbons (Fsp3) is 1.00. The largest absolute Gasteiger partial charge is 0.381 e. The second-order valence-electron chi connectivity index (χ2n) is 4.89. The van der Waals surface area contributed by atoms with Gasteiger partial charge in [-0.25, -0.2) is 0 Å². The van der Waals surface area contributed by atoms with E-state index in [1.54, 1.807) is 0 Å². The SMILES string of the molecule is CNC(C1CCCOC1)C1OCCC1C. The van der Waals surface area contributed by atoms with Gasteiger partial charge in [0.05, 0.1) is 12.7 Å². The Morgan fingerprint density at radius 2 is 2.13 bits per heavy atom. The van der Waals surface area contributed by atoms with Gasteiger partial charge in [0.1, 0.15) is 0 Å². The molecule has 2 heterocycles. The van der Waals surface area contributed by atoms with Gasteiger partial charge in [0.2, 0.25) is 0 Å². The third kappa shape index (κ3) is 2.52. The number of ether oxygens (including phenoxy) is 2. The summed E-state index contributed by atoms with van der Waals surface area (Å²) in [7, 11) is 2.05. The van der Waals surface area contributed by atoms with Crippen molar-refractivity contribution >= 4 is 0 Å². The first-order chi connectivity index (χ1) is 7.33. The van der Waals surface area contributed by atoms with Gasteiger partial charge in [0, 0.05) is 25.2 Å². The van der Waals surface area contributed by atoms with Crippen LogP contribution < -0.4 is 5.32 Å². The minimum absolute atomic E-state index is 0.390. The molecule has 4 atom stereocenters. The first-order valence-electron chi connectivity index (χ1n) is 6.19. The van der Waals surface area contributed by atoms with Crippen LogP contribution in [0.3, 0.4) is 0 Å². The van der Waals surface area contributed by atoms with E-state index in [1.807, 2.05) is 7.05 Å². The molecule has 4 unspecified atom stereocenters. The van der Waals surface area contributed by atoms with Crippen LogP contribution in [0.5, 0.6) is 0 Å². The summed E-state index contributed by atoms with van der Waals surface area (Å²) >= 11 is 0. The van der Waals surface area contributed by atoms with Crippen molar-refractivity contribution < 1.29 is 9.47 Å². The lowest BCUT2D eigenvalue weighted by Gasteiger charge is -2.35. The second kappa shape index (κ2) is 5.28. The highest BCUT2D eigenvalue weighted by Crippen LogP contribution is 2.29. The highest BCUT2D eigenvalue weighted by molar-refractivity contribution is 4.89. The van der Waals surface area contributed by atoms with Crippen molar-refractivity contribution in [2.45, 2.75) is 38.3 Å². The minimum Gasteiger partial charge on any atom is -0.381 e. The van der Waals surface area contributed by atoms with Gasteiger partial charge in [-0.3, -0.25) is 0 Å². The summed E-state index contributed by atoms with van der Waals surface area (Å²) in [5, 5.41) is 3.44. The van der Waals surface area contributed by atoms with E-state index in [1.165, 1.54) is 19.3 Å². The molecule has 0 saturated carbocycles. The van der Waals surface area contributed by atoms with E-state index in [4.69, 9.17) is 9.47 Å². The molecule has 2 aliphatic rings. The molecule has 0 amide bonds. The van der Waals surface area contributed by atoms with E-state index in [0.29, 0.717) is 24.0 Å². The van der Waals surface area contributed by atoms with Crippen LogP contribution in [0, 0.1) is 11.8 Å². The smallest absolute Gasteiger partial charge is 0.0757 e. The topological polar surface area (TPSA) is 30.5 Å². The Morgan fingerprint density at radius 3 is 2.67 bits per heavy atom. The lowest BCUT2D eigenvalue weighted by atomic mass is 9.85. The summed E-state index contributed by atoms with van der Waals surface area (Å²) in [5.41, 5.74) is 0. The highest BCUT2D eigenvalue weighted by Gasteiger charge is 2.36. The minimum atomic E-state index is 0.390. The monoisotopic (exact) mass is 213 g/mol. The number of rotatable bonds is 3. The molecule has 15 heavy (non-hydrogen) atoms.